The van der Waals surface area contributed by atoms with Crippen molar-refractivity contribution in [2.45, 2.75) is 38.9 Å². The molecule has 0 amide bonds. The van der Waals surface area contributed by atoms with Crippen LogP contribution in [-0.2, 0) is 9.31 Å². The van der Waals surface area contributed by atoms with Gasteiger partial charge >= 0.3 is 6.83 Å². The summed E-state index contributed by atoms with van der Waals surface area (Å²) in [6, 6.07) is 5.14. The SMILES string of the molecule is CC1(C)O[B-](F)(c2ccc([N+](=O)[O-])cc2)OC1(C)C. The van der Waals surface area contributed by atoms with Gasteiger partial charge in [0.15, 0.2) is 0 Å². The molecule has 0 unspecified atom stereocenters. The van der Waals surface area contributed by atoms with Gasteiger partial charge in [-0.05, 0) is 27.7 Å². The topological polar surface area (TPSA) is 61.6 Å². The summed E-state index contributed by atoms with van der Waals surface area (Å²) in [4.78, 5) is 10.0. The number of hydrogen-bond donors (Lipinski definition) is 0. The summed E-state index contributed by atoms with van der Waals surface area (Å²) in [5.74, 6) is 0. The quantitative estimate of drug-likeness (QED) is 0.469. The van der Waals surface area contributed by atoms with Crippen LogP contribution in [0.2, 0.25) is 0 Å². The summed E-state index contributed by atoms with van der Waals surface area (Å²) in [5, 5.41) is 10.6. The molecular formula is C12H16BFNO4-. The molecule has 5 nitrogen and oxygen atoms in total. The molecule has 0 aliphatic carbocycles. The van der Waals surface area contributed by atoms with Gasteiger partial charge in [0.25, 0.3) is 5.69 Å². The van der Waals surface area contributed by atoms with Crippen molar-refractivity contribution in [3.8, 4) is 0 Å². The van der Waals surface area contributed by atoms with Gasteiger partial charge < -0.3 is 13.6 Å². The van der Waals surface area contributed by atoms with E-state index in [0.29, 0.717) is 0 Å². The van der Waals surface area contributed by atoms with Crippen LogP contribution in [-0.4, -0.2) is 23.0 Å². The number of nitro benzene ring substituents is 1. The lowest BCUT2D eigenvalue weighted by Gasteiger charge is -2.36. The summed E-state index contributed by atoms with van der Waals surface area (Å²) >= 11 is 0. The van der Waals surface area contributed by atoms with Gasteiger partial charge in [-0.3, -0.25) is 10.1 Å². The van der Waals surface area contributed by atoms with Gasteiger partial charge in [0.2, 0.25) is 0 Å². The highest BCUT2D eigenvalue weighted by Gasteiger charge is 2.53. The first-order valence-corrected chi connectivity index (χ1v) is 6.05. The minimum absolute atomic E-state index is 0.0975. The van der Waals surface area contributed by atoms with E-state index < -0.39 is 23.0 Å². The van der Waals surface area contributed by atoms with Gasteiger partial charge in [-0.15, -0.1) is 5.46 Å². The van der Waals surface area contributed by atoms with Crippen LogP contribution in [0, 0.1) is 10.1 Å². The Bertz CT molecular complexity index is 499. The molecule has 1 saturated heterocycles. The number of benzene rings is 1. The summed E-state index contributed by atoms with van der Waals surface area (Å²) in [6.45, 7) is 3.89. The molecule has 0 spiro atoms. The number of non-ortho nitro benzene ring substituents is 1. The van der Waals surface area contributed by atoms with E-state index in [-0.39, 0.29) is 11.2 Å². The monoisotopic (exact) mass is 268 g/mol. The highest BCUT2D eigenvalue weighted by Crippen LogP contribution is 2.41. The molecule has 1 aromatic carbocycles. The van der Waals surface area contributed by atoms with E-state index in [1.807, 2.05) is 0 Å². The van der Waals surface area contributed by atoms with Crippen molar-refractivity contribution in [1.82, 2.24) is 0 Å². The second-order valence-electron chi connectivity index (χ2n) is 5.72. The fourth-order valence-electron chi connectivity index (χ4n) is 2.03. The van der Waals surface area contributed by atoms with E-state index in [1.54, 1.807) is 27.7 Å². The Morgan fingerprint density at radius 3 is 1.89 bits per heavy atom. The van der Waals surface area contributed by atoms with Gasteiger partial charge in [0.1, 0.15) is 0 Å². The first-order chi connectivity index (χ1) is 8.57. The van der Waals surface area contributed by atoms with Crippen molar-refractivity contribution in [3.63, 3.8) is 0 Å². The molecular weight excluding hydrogens is 252 g/mol. The van der Waals surface area contributed by atoms with Crippen LogP contribution in [0.3, 0.4) is 0 Å². The molecule has 0 atom stereocenters. The molecule has 1 aliphatic rings. The fourth-order valence-corrected chi connectivity index (χ4v) is 2.03. The zero-order valence-corrected chi connectivity index (χ0v) is 11.3. The third-order valence-electron chi connectivity index (χ3n) is 3.84. The van der Waals surface area contributed by atoms with Crippen molar-refractivity contribution in [3.05, 3.63) is 34.4 Å². The average molecular weight is 268 g/mol. The molecule has 0 saturated carbocycles. The Balaban J connectivity index is 2.35. The van der Waals surface area contributed by atoms with Crippen molar-refractivity contribution >= 4 is 18.0 Å². The largest absolute Gasteiger partial charge is 0.531 e. The molecule has 1 fully saturated rings. The van der Waals surface area contributed by atoms with E-state index in [1.165, 1.54) is 24.3 Å². The van der Waals surface area contributed by atoms with Crippen LogP contribution in [0.15, 0.2) is 24.3 Å². The number of rotatable bonds is 2. The lowest BCUT2D eigenvalue weighted by atomic mass is 9.73. The standard InChI is InChI=1S/C12H16BFNO4/c1-11(2)12(3,4)19-13(14,18-11)9-5-7-10(8-6-9)15(16)17/h5-8H,1-4H3/q-1. The molecule has 104 valence electrons. The van der Waals surface area contributed by atoms with Crippen LogP contribution in [0.25, 0.3) is 0 Å². The maximum Gasteiger partial charge on any atom is 0.443 e. The lowest BCUT2D eigenvalue weighted by molar-refractivity contribution is -0.384. The normalized spacial score (nSPS) is 23.2. The Hall–Kier alpha value is -1.47. The maximum absolute atomic E-state index is 14.8. The number of nitro groups is 1. The zero-order chi connectivity index (χ0) is 14.5. The fraction of sp³-hybridized carbons (Fsp3) is 0.500. The van der Waals surface area contributed by atoms with Crippen LogP contribution >= 0.6 is 0 Å². The van der Waals surface area contributed by atoms with Crippen LogP contribution in [0.4, 0.5) is 10.0 Å². The number of nitrogens with zero attached hydrogens (tertiary/aromatic N) is 1. The van der Waals surface area contributed by atoms with Gasteiger partial charge in [0.05, 0.1) is 4.92 Å². The van der Waals surface area contributed by atoms with Crippen LogP contribution < -0.4 is 5.46 Å². The highest BCUT2D eigenvalue weighted by molar-refractivity contribution is 6.75. The minimum Gasteiger partial charge on any atom is -0.531 e. The molecule has 0 bridgehead atoms. The Morgan fingerprint density at radius 2 is 1.53 bits per heavy atom. The number of hydrogen-bond acceptors (Lipinski definition) is 4. The summed E-state index contributed by atoms with van der Waals surface area (Å²) in [5.41, 5.74) is -1.50. The Kier molecular flexibility index (Phi) is 2.95. The zero-order valence-electron chi connectivity index (χ0n) is 11.3. The van der Waals surface area contributed by atoms with Crippen molar-refractivity contribution in [1.29, 1.82) is 0 Å². The third-order valence-corrected chi connectivity index (χ3v) is 3.84. The molecule has 1 aromatic rings. The molecule has 2 rings (SSSR count). The molecule has 1 aliphatic heterocycles. The predicted molar refractivity (Wildman–Crippen MR) is 69.9 cm³/mol. The second-order valence-corrected chi connectivity index (χ2v) is 5.72. The average Bonchev–Trinajstić information content (AvgIpc) is 2.44. The van der Waals surface area contributed by atoms with E-state index >= 15 is 0 Å². The summed E-state index contributed by atoms with van der Waals surface area (Å²) in [6.07, 6.45) is 0. The van der Waals surface area contributed by atoms with Gasteiger partial charge in [-0.2, -0.15) is 0 Å². The molecule has 0 radical (unpaired) electrons. The van der Waals surface area contributed by atoms with Gasteiger partial charge in [0, 0.05) is 23.3 Å². The van der Waals surface area contributed by atoms with Gasteiger partial charge in [-0.25, -0.2) is 0 Å². The third kappa shape index (κ3) is 2.23. The summed E-state index contributed by atoms with van der Waals surface area (Å²) in [7, 11) is 0. The highest BCUT2D eigenvalue weighted by atomic mass is 19.1. The van der Waals surface area contributed by atoms with E-state index in [4.69, 9.17) is 9.31 Å². The lowest BCUT2D eigenvalue weighted by Crippen LogP contribution is -2.47. The van der Waals surface area contributed by atoms with Crippen molar-refractivity contribution in [2.75, 3.05) is 0 Å². The van der Waals surface area contributed by atoms with Crippen molar-refractivity contribution in [2.24, 2.45) is 0 Å². The van der Waals surface area contributed by atoms with Crippen molar-refractivity contribution < 1.29 is 18.5 Å². The van der Waals surface area contributed by atoms with Crippen LogP contribution in [0.1, 0.15) is 27.7 Å². The van der Waals surface area contributed by atoms with Crippen LogP contribution in [0.5, 0.6) is 0 Å². The first kappa shape index (κ1) is 14.0. The predicted octanol–water partition coefficient (Wildman–Crippen LogP) is 2.31. The molecule has 7 heteroatoms. The number of halogens is 1. The minimum atomic E-state index is -3.12. The molecule has 0 aromatic heterocycles. The molecule has 1 heterocycles. The molecule has 0 N–H and O–H groups in total. The van der Waals surface area contributed by atoms with Gasteiger partial charge in [-0.1, -0.05) is 12.1 Å². The smallest absolute Gasteiger partial charge is 0.443 e. The molecule has 19 heavy (non-hydrogen) atoms. The maximum atomic E-state index is 14.8. The second kappa shape index (κ2) is 4.01. The van der Waals surface area contributed by atoms with E-state index in [9.17, 15) is 14.4 Å². The Labute approximate surface area is 110 Å². The Morgan fingerprint density at radius 1 is 1.11 bits per heavy atom. The van der Waals surface area contributed by atoms with E-state index in [0.717, 1.165) is 0 Å². The van der Waals surface area contributed by atoms with E-state index in [2.05, 4.69) is 0 Å². The first-order valence-electron chi connectivity index (χ1n) is 6.05. The summed E-state index contributed by atoms with van der Waals surface area (Å²) < 4.78 is 25.7.